The summed E-state index contributed by atoms with van der Waals surface area (Å²) in [6.07, 6.45) is 3.06. The first kappa shape index (κ1) is 16.9. The molecule has 0 spiro atoms. The van der Waals surface area contributed by atoms with E-state index in [4.69, 9.17) is 10.5 Å². The third kappa shape index (κ3) is 3.95. The number of benzene rings is 1. The molecule has 0 fully saturated rings. The fraction of sp³-hybridized carbons (Fsp3) is 0.278. The van der Waals surface area contributed by atoms with Crippen molar-refractivity contribution >= 4 is 16.8 Å². The molecule has 0 aliphatic rings. The largest absolute Gasteiger partial charge is 0.497 e. The van der Waals surface area contributed by atoms with E-state index in [2.05, 4.69) is 20.3 Å². The van der Waals surface area contributed by atoms with Crippen molar-refractivity contribution in [1.29, 1.82) is 0 Å². The highest BCUT2D eigenvalue weighted by atomic mass is 16.5. The Morgan fingerprint density at radius 2 is 2.12 bits per heavy atom. The molecule has 130 valence electrons. The zero-order valence-electron chi connectivity index (χ0n) is 14.5. The van der Waals surface area contributed by atoms with E-state index in [1.54, 1.807) is 13.3 Å². The highest BCUT2D eigenvalue weighted by Gasteiger charge is 2.15. The second-order valence-corrected chi connectivity index (χ2v) is 6.60. The maximum absolute atomic E-state index is 12.2. The van der Waals surface area contributed by atoms with Gasteiger partial charge in [0.25, 0.3) is 5.91 Å². The van der Waals surface area contributed by atoms with Crippen LogP contribution in [0.15, 0.2) is 36.7 Å². The van der Waals surface area contributed by atoms with E-state index in [1.165, 1.54) is 6.20 Å². The van der Waals surface area contributed by atoms with Crippen molar-refractivity contribution in [3.05, 3.63) is 42.4 Å². The lowest BCUT2D eigenvalue weighted by Crippen LogP contribution is -2.45. The van der Waals surface area contributed by atoms with Crippen molar-refractivity contribution in [2.75, 3.05) is 13.7 Å². The molecule has 3 aromatic rings. The standard InChI is InChI=1S/C18H21N5O2/c1-18(2,19)10-21-17(24)16-9-20-8-15(23-16)14-6-11-4-5-12(25-3)7-13(11)22-14/h4-9,22H,10,19H2,1-3H3,(H,21,24). The number of carbonyl (C=O) groups excluding carboxylic acids is 1. The number of aromatic nitrogens is 3. The number of H-pyrrole nitrogens is 1. The van der Waals surface area contributed by atoms with E-state index in [0.29, 0.717) is 12.2 Å². The van der Waals surface area contributed by atoms with Crippen LogP contribution in [-0.2, 0) is 0 Å². The maximum Gasteiger partial charge on any atom is 0.271 e. The van der Waals surface area contributed by atoms with Gasteiger partial charge in [-0.25, -0.2) is 4.98 Å². The number of hydrogen-bond donors (Lipinski definition) is 3. The highest BCUT2D eigenvalue weighted by Crippen LogP contribution is 2.25. The molecule has 25 heavy (non-hydrogen) atoms. The molecule has 2 heterocycles. The van der Waals surface area contributed by atoms with Crippen molar-refractivity contribution in [2.24, 2.45) is 5.73 Å². The first-order chi connectivity index (χ1) is 11.9. The van der Waals surface area contributed by atoms with Crippen LogP contribution in [0.25, 0.3) is 22.3 Å². The van der Waals surface area contributed by atoms with Crippen molar-refractivity contribution in [2.45, 2.75) is 19.4 Å². The van der Waals surface area contributed by atoms with Gasteiger partial charge >= 0.3 is 0 Å². The molecule has 0 saturated carbocycles. The first-order valence-electron chi connectivity index (χ1n) is 7.92. The van der Waals surface area contributed by atoms with Crippen molar-refractivity contribution in [1.82, 2.24) is 20.3 Å². The Bertz CT molecular complexity index is 911. The zero-order valence-corrected chi connectivity index (χ0v) is 14.5. The van der Waals surface area contributed by atoms with Gasteiger partial charge in [0.1, 0.15) is 17.1 Å². The number of nitrogens with one attached hydrogen (secondary N) is 2. The number of amides is 1. The molecule has 1 amide bonds. The molecule has 0 saturated heterocycles. The normalized spacial score (nSPS) is 11.5. The van der Waals surface area contributed by atoms with Gasteiger partial charge in [-0.3, -0.25) is 9.78 Å². The van der Waals surface area contributed by atoms with E-state index >= 15 is 0 Å². The number of hydrogen-bond acceptors (Lipinski definition) is 5. The van der Waals surface area contributed by atoms with Crippen molar-refractivity contribution in [3.8, 4) is 17.1 Å². The summed E-state index contributed by atoms with van der Waals surface area (Å²) in [6.45, 7) is 4.03. The molecule has 4 N–H and O–H groups in total. The molecule has 2 aromatic heterocycles. The number of nitrogens with two attached hydrogens (primary N) is 1. The van der Waals surface area contributed by atoms with Gasteiger partial charge in [-0.15, -0.1) is 0 Å². The van der Waals surface area contributed by atoms with Gasteiger partial charge < -0.3 is 20.8 Å². The predicted octanol–water partition coefficient (Wildman–Crippen LogP) is 2.10. The molecule has 0 atom stereocenters. The average molecular weight is 339 g/mol. The number of nitrogens with zero attached hydrogens (tertiary/aromatic N) is 2. The van der Waals surface area contributed by atoms with E-state index in [-0.39, 0.29) is 11.6 Å². The minimum Gasteiger partial charge on any atom is -0.497 e. The van der Waals surface area contributed by atoms with Gasteiger partial charge in [-0.2, -0.15) is 0 Å². The number of aromatic amines is 1. The molecule has 0 bridgehead atoms. The van der Waals surface area contributed by atoms with Crippen LogP contribution in [0.1, 0.15) is 24.3 Å². The van der Waals surface area contributed by atoms with Gasteiger partial charge in [0.15, 0.2) is 0 Å². The summed E-state index contributed by atoms with van der Waals surface area (Å²) >= 11 is 0. The number of methoxy groups -OCH3 is 1. The van der Waals surface area contributed by atoms with Gasteiger partial charge in [-0.05, 0) is 32.0 Å². The average Bonchev–Trinajstić information content (AvgIpc) is 3.02. The molecule has 7 nitrogen and oxygen atoms in total. The molecule has 0 unspecified atom stereocenters. The SMILES string of the molecule is COc1ccc2cc(-c3cncc(C(=O)NCC(C)(C)N)n3)[nH]c2c1. The second kappa shape index (κ2) is 6.52. The summed E-state index contributed by atoms with van der Waals surface area (Å²) in [7, 11) is 1.63. The predicted molar refractivity (Wildman–Crippen MR) is 96.5 cm³/mol. The Morgan fingerprint density at radius 1 is 1.32 bits per heavy atom. The Morgan fingerprint density at radius 3 is 2.84 bits per heavy atom. The van der Waals surface area contributed by atoms with Crippen LogP contribution in [0, 0.1) is 0 Å². The molecule has 3 rings (SSSR count). The Hall–Kier alpha value is -2.93. The van der Waals surface area contributed by atoms with Crippen LogP contribution in [0.2, 0.25) is 0 Å². The highest BCUT2D eigenvalue weighted by molar-refractivity contribution is 5.93. The smallest absolute Gasteiger partial charge is 0.271 e. The lowest BCUT2D eigenvalue weighted by Gasteiger charge is -2.18. The third-order valence-corrected chi connectivity index (χ3v) is 3.68. The molecule has 7 heteroatoms. The Balaban J connectivity index is 1.87. The van der Waals surface area contributed by atoms with Crippen LogP contribution in [0.3, 0.4) is 0 Å². The topological polar surface area (TPSA) is 106 Å². The molecule has 1 aromatic carbocycles. The molecular formula is C18H21N5O2. The van der Waals surface area contributed by atoms with Gasteiger partial charge in [-0.1, -0.05) is 0 Å². The fourth-order valence-electron chi connectivity index (χ4n) is 2.37. The van der Waals surface area contributed by atoms with E-state index in [1.807, 2.05) is 38.1 Å². The lowest BCUT2D eigenvalue weighted by atomic mass is 10.1. The minimum absolute atomic E-state index is 0.248. The fourth-order valence-corrected chi connectivity index (χ4v) is 2.37. The summed E-state index contributed by atoms with van der Waals surface area (Å²) in [4.78, 5) is 24.0. The zero-order chi connectivity index (χ0) is 18.0. The van der Waals surface area contributed by atoms with E-state index in [9.17, 15) is 4.79 Å². The van der Waals surface area contributed by atoms with Gasteiger partial charge in [0.05, 0.1) is 25.2 Å². The van der Waals surface area contributed by atoms with Gasteiger partial charge in [0, 0.05) is 29.1 Å². The monoisotopic (exact) mass is 339 g/mol. The summed E-state index contributed by atoms with van der Waals surface area (Å²) in [5.74, 6) is 0.468. The summed E-state index contributed by atoms with van der Waals surface area (Å²) < 4.78 is 5.23. The van der Waals surface area contributed by atoms with E-state index in [0.717, 1.165) is 22.3 Å². The second-order valence-electron chi connectivity index (χ2n) is 6.60. The maximum atomic E-state index is 12.2. The quantitative estimate of drug-likeness (QED) is 0.660. The third-order valence-electron chi connectivity index (χ3n) is 3.68. The van der Waals surface area contributed by atoms with Crippen LogP contribution >= 0.6 is 0 Å². The van der Waals surface area contributed by atoms with E-state index < -0.39 is 5.54 Å². The van der Waals surface area contributed by atoms with Crippen molar-refractivity contribution < 1.29 is 9.53 Å². The Labute approximate surface area is 145 Å². The van der Waals surface area contributed by atoms with Crippen LogP contribution in [-0.4, -0.2) is 40.1 Å². The van der Waals surface area contributed by atoms with Crippen LogP contribution in [0.4, 0.5) is 0 Å². The summed E-state index contributed by atoms with van der Waals surface area (Å²) in [6, 6.07) is 7.72. The summed E-state index contributed by atoms with van der Waals surface area (Å²) in [5, 5.41) is 3.79. The number of rotatable bonds is 5. The number of carbonyl (C=O) groups is 1. The molecule has 0 aliphatic carbocycles. The molecule has 0 aliphatic heterocycles. The van der Waals surface area contributed by atoms with Gasteiger partial charge in [0.2, 0.25) is 0 Å². The van der Waals surface area contributed by atoms with Crippen molar-refractivity contribution in [3.63, 3.8) is 0 Å². The Kier molecular flexibility index (Phi) is 4.41. The lowest BCUT2D eigenvalue weighted by molar-refractivity contribution is 0.0940. The molecular weight excluding hydrogens is 318 g/mol. The molecule has 0 radical (unpaired) electrons. The minimum atomic E-state index is -0.489. The van der Waals surface area contributed by atoms with Crippen LogP contribution in [0.5, 0.6) is 5.75 Å². The van der Waals surface area contributed by atoms with Crippen LogP contribution < -0.4 is 15.8 Å². The number of fused-ring (bicyclic) bond motifs is 1. The number of ether oxygens (including phenoxy) is 1. The first-order valence-corrected chi connectivity index (χ1v) is 7.92. The summed E-state index contributed by atoms with van der Waals surface area (Å²) in [5.41, 5.74) is 7.94.